The molecular weight excluding hydrogens is 398 g/mol. The fourth-order valence-corrected chi connectivity index (χ4v) is 3.91. The van der Waals surface area contributed by atoms with Gasteiger partial charge in [0.2, 0.25) is 0 Å². The van der Waals surface area contributed by atoms with Crippen LogP contribution in [0.25, 0.3) is 0 Å². The van der Waals surface area contributed by atoms with E-state index in [1.807, 2.05) is 20.8 Å². The summed E-state index contributed by atoms with van der Waals surface area (Å²) >= 11 is 6.29. The molecule has 1 saturated heterocycles. The molecule has 0 N–H and O–H groups in total. The zero-order chi connectivity index (χ0) is 21.3. The van der Waals surface area contributed by atoms with Crippen molar-refractivity contribution in [2.75, 3.05) is 26.8 Å². The first-order valence-corrected chi connectivity index (χ1v) is 10.2. The largest absolute Gasteiger partial charge is 0.484 e. The van der Waals surface area contributed by atoms with Crippen LogP contribution in [0.1, 0.15) is 49.5 Å². The highest BCUT2D eigenvalue weighted by molar-refractivity contribution is 6.32. The van der Waals surface area contributed by atoms with Crippen LogP contribution >= 0.6 is 11.6 Å². The number of rotatable bonds is 2. The molecule has 2 aliphatic heterocycles. The summed E-state index contributed by atoms with van der Waals surface area (Å²) in [6.45, 7) is 8.95. The van der Waals surface area contributed by atoms with Crippen LogP contribution in [-0.4, -0.2) is 55.5 Å². The second-order valence-electron chi connectivity index (χ2n) is 8.45. The molecule has 3 rings (SSSR count). The fourth-order valence-electron chi connectivity index (χ4n) is 3.66. The Bertz CT molecular complexity index is 795. The second kappa shape index (κ2) is 8.30. The first kappa shape index (κ1) is 21.6. The lowest BCUT2D eigenvalue weighted by atomic mass is 9.91. The van der Waals surface area contributed by atoms with Crippen molar-refractivity contribution in [3.8, 4) is 11.5 Å². The summed E-state index contributed by atoms with van der Waals surface area (Å²) in [5.41, 5.74) is 0.499. The summed E-state index contributed by atoms with van der Waals surface area (Å²) < 4.78 is 22.4. The van der Waals surface area contributed by atoms with E-state index in [0.717, 1.165) is 12.8 Å². The first-order chi connectivity index (χ1) is 13.6. The molecule has 0 aromatic heterocycles. The number of nitrogens with zero attached hydrogens (tertiary/aromatic N) is 1. The minimum Gasteiger partial charge on any atom is -0.484 e. The van der Waals surface area contributed by atoms with Crippen LogP contribution in [0, 0.1) is 12.8 Å². The quantitative estimate of drug-likeness (QED) is 0.660. The van der Waals surface area contributed by atoms with E-state index in [1.165, 1.54) is 7.11 Å². The Morgan fingerprint density at radius 1 is 1.21 bits per heavy atom. The number of hydrogen-bond acceptors (Lipinski definition) is 6. The normalized spacial score (nSPS) is 19.7. The number of carbonyl (C=O) groups excluding carboxylic acids is 2. The van der Waals surface area contributed by atoms with Crippen molar-refractivity contribution >= 4 is 23.7 Å². The molecule has 1 aromatic rings. The zero-order valence-electron chi connectivity index (χ0n) is 17.5. The summed E-state index contributed by atoms with van der Waals surface area (Å²) in [6, 6.07) is 1.55. The maximum atomic E-state index is 12.3. The number of halogens is 1. The molecule has 0 saturated carbocycles. The maximum Gasteiger partial charge on any atom is 0.410 e. The average molecular weight is 426 g/mol. The molecule has 0 spiro atoms. The van der Waals surface area contributed by atoms with Gasteiger partial charge in [-0.3, -0.25) is 0 Å². The van der Waals surface area contributed by atoms with E-state index in [1.54, 1.807) is 17.9 Å². The molecular formula is C21H28ClNO6. The van der Waals surface area contributed by atoms with E-state index in [-0.39, 0.29) is 18.1 Å². The molecule has 2 heterocycles. The van der Waals surface area contributed by atoms with Crippen LogP contribution < -0.4 is 9.47 Å². The van der Waals surface area contributed by atoms with Gasteiger partial charge in [-0.1, -0.05) is 11.6 Å². The Labute approximate surface area is 176 Å². The SMILES string of the molecule is COC(=O)c1cc(Cl)c2c(c1C)O[C@@H](C1CCN(C(=O)OC(C)(C)C)CC1)CO2. The molecule has 1 fully saturated rings. The molecule has 1 amide bonds. The minimum atomic E-state index is -0.508. The van der Waals surface area contributed by atoms with Gasteiger partial charge >= 0.3 is 12.1 Å². The molecule has 8 heteroatoms. The van der Waals surface area contributed by atoms with E-state index in [4.69, 9.17) is 30.5 Å². The lowest BCUT2D eigenvalue weighted by Crippen LogP contribution is -2.46. The van der Waals surface area contributed by atoms with Gasteiger partial charge < -0.3 is 23.8 Å². The Morgan fingerprint density at radius 3 is 2.45 bits per heavy atom. The van der Waals surface area contributed by atoms with Crippen LogP contribution in [0.15, 0.2) is 6.07 Å². The summed E-state index contributed by atoms with van der Waals surface area (Å²) in [5.74, 6) is 0.702. The lowest BCUT2D eigenvalue weighted by molar-refractivity contribution is -0.00130. The Balaban J connectivity index is 1.68. The number of carbonyl (C=O) groups is 2. The number of methoxy groups -OCH3 is 1. The van der Waals surface area contributed by atoms with Crippen molar-refractivity contribution in [1.29, 1.82) is 0 Å². The van der Waals surface area contributed by atoms with Crippen molar-refractivity contribution < 1.29 is 28.5 Å². The van der Waals surface area contributed by atoms with Crippen molar-refractivity contribution in [2.45, 2.75) is 52.2 Å². The van der Waals surface area contributed by atoms with Gasteiger partial charge in [0.15, 0.2) is 11.5 Å². The molecule has 1 atom stereocenters. The van der Waals surface area contributed by atoms with Crippen molar-refractivity contribution in [2.24, 2.45) is 5.92 Å². The summed E-state index contributed by atoms with van der Waals surface area (Å²) in [5, 5.41) is 0.323. The molecule has 0 radical (unpaired) electrons. The predicted octanol–water partition coefficient (Wildman–Crippen LogP) is 4.22. The third-order valence-corrected chi connectivity index (χ3v) is 5.50. The molecule has 0 bridgehead atoms. The number of amides is 1. The van der Waals surface area contributed by atoms with Crippen LogP contribution in [0.5, 0.6) is 11.5 Å². The summed E-state index contributed by atoms with van der Waals surface area (Å²) in [6.07, 6.45) is 1.11. The zero-order valence-corrected chi connectivity index (χ0v) is 18.3. The van der Waals surface area contributed by atoms with E-state index in [0.29, 0.717) is 47.3 Å². The van der Waals surface area contributed by atoms with E-state index < -0.39 is 11.6 Å². The van der Waals surface area contributed by atoms with Gasteiger partial charge in [-0.15, -0.1) is 0 Å². The third kappa shape index (κ3) is 4.71. The van der Waals surface area contributed by atoms with Crippen LogP contribution in [0.3, 0.4) is 0 Å². The average Bonchev–Trinajstić information content (AvgIpc) is 2.68. The fraction of sp³-hybridized carbons (Fsp3) is 0.619. The van der Waals surface area contributed by atoms with E-state index >= 15 is 0 Å². The molecule has 29 heavy (non-hydrogen) atoms. The highest BCUT2D eigenvalue weighted by Gasteiger charge is 2.36. The van der Waals surface area contributed by atoms with Gasteiger partial charge in [-0.25, -0.2) is 9.59 Å². The van der Waals surface area contributed by atoms with Gasteiger partial charge in [0.25, 0.3) is 0 Å². The molecule has 160 valence electrons. The van der Waals surface area contributed by atoms with Gasteiger partial charge in [0.1, 0.15) is 18.3 Å². The van der Waals surface area contributed by atoms with E-state index in [9.17, 15) is 9.59 Å². The van der Waals surface area contributed by atoms with Crippen molar-refractivity contribution in [3.63, 3.8) is 0 Å². The van der Waals surface area contributed by atoms with Crippen LogP contribution in [0.2, 0.25) is 5.02 Å². The summed E-state index contributed by atoms with van der Waals surface area (Å²) in [4.78, 5) is 26.0. The number of likely N-dealkylation sites (tertiary alicyclic amines) is 1. The third-order valence-electron chi connectivity index (χ3n) is 5.22. The van der Waals surface area contributed by atoms with E-state index in [2.05, 4.69) is 0 Å². The first-order valence-electron chi connectivity index (χ1n) is 9.79. The number of hydrogen-bond donors (Lipinski definition) is 0. The Morgan fingerprint density at radius 2 is 1.86 bits per heavy atom. The van der Waals surface area contributed by atoms with Gasteiger partial charge in [0.05, 0.1) is 17.7 Å². The van der Waals surface area contributed by atoms with Crippen LogP contribution in [0.4, 0.5) is 4.79 Å². The number of esters is 1. The number of fused-ring (bicyclic) bond motifs is 1. The van der Waals surface area contributed by atoms with Crippen LogP contribution in [-0.2, 0) is 9.47 Å². The molecule has 7 nitrogen and oxygen atoms in total. The predicted molar refractivity (Wildman–Crippen MR) is 108 cm³/mol. The Hall–Kier alpha value is -2.15. The topological polar surface area (TPSA) is 74.3 Å². The summed E-state index contributed by atoms with van der Waals surface area (Å²) in [7, 11) is 1.33. The molecule has 0 aliphatic carbocycles. The molecule has 2 aliphatic rings. The van der Waals surface area contributed by atoms with Crippen molar-refractivity contribution in [1.82, 2.24) is 4.90 Å². The molecule has 0 unspecified atom stereocenters. The highest BCUT2D eigenvalue weighted by Crippen LogP contribution is 2.44. The number of benzene rings is 1. The number of ether oxygens (including phenoxy) is 4. The van der Waals surface area contributed by atoms with Gasteiger partial charge in [-0.05, 0) is 46.6 Å². The highest BCUT2D eigenvalue weighted by atomic mass is 35.5. The smallest absolute Gasteiger partial charge is 0.410 e. The second-order valence-corrected chi connectivity index (χ2v) is 8.86. The minimum absolute atomic E-state index is 0.175. The number of piperidine rings is 1. The lowest BCUT2D eigenvalue weighted by Gasteiger charge is -2.38. The van der Waals surface area contributed by atoms with Gasteiger partial charge in [-0.2, -0.15) is 0 Å². The maximum absolute atomic E-state index is 12.3. The van der Waals surface area contributed by atoms with Crippen molar-refractivity contribution in [3.05, 3.63) is 22.2 Å². The van der Waals surface area contributed by atoms with Gasteiger partial charge in [0, 0.05) is 24.6 Å². The Kier molecular flexibility index (Phi) is 6.17. The molecule has 1 aromatic carbocycles. The standard InChI is InChI=1S/C21H28ClNO6/c1-12-14(19(24)26-5)10-15(22)18-17(12)28-16(11-27-18)13-6-8-23(9-7-13)20(25)29-21(2,3)4/h10,13,16H,6-9,11H2,1-5H3/t16-/m1/s1. The monoisotopic (exact) mass is 425 g/mol.